The third-order valence-electron chi connectivity index (χ3n) is 5.07. The maximum atomic E-state index is 12.7. The molecule has 2 aromatic rings. The molecule has 2 aliphatic rings. The van der Waals surface area contributed by atoms with Gasteiger partial charge in [0, 0.05) is 18.8 Å². The molecule has 9 heteroatoms. The van der Waals surface area contributed by atoms with Crippen LogP contribution in [-0.4, -0.2) is 50.0 Å². The minimum absolute atomic E-state index is 0.159. The number of nitrogens with one attached hydrogen (secondary N) is 1. The quantitative estimate of drug-likeness (QED) is 0.842. The van der Waals surface area contributed by atoms with Crippen LogP contribution in [-0.2, 0) is 14.8 Å². The second-order valence-corrected chi connectivity index (χ2v) is 8.92. The SMILES string of the molecule is O=C(Nc1ccc(N2CCCS2(=O)=O)cc1)[C@@H]1CCCN1C(=O)c1ccco1. The van der Waals surface area contributed by atoms with Gasteiger partial charge in [0.05, 0.1) is 17.7 Å². The van der Waals surface area contributed by atoms with Crippen molar-refractivity contribution in [1.29, 1.82) is 0 Å². The van der Waals surface area contributed by atoms with Crippen molar-refractivity contribution in [2.75, 3.05) is 28.5 Å². The Bertz CT molecular complexity index is 970. The summed E-state index contributed by atoms with van der Waals surface area (Å²) in [6.45, 7) is 0.976. The van der Waals surface area contributed by atoms with Crippen molar-refractivity contribution < 1.29 is 22.4 Å². The lowest BCUT2D eigenvalue weighted by molar-refractivity contribution is -0.119. The van der Waals surface area contributed by atoms with Crippen molar-refractivity contribution in [1.82, 2.24) is 4.90 Å². The van der Waals surface area contributed by atoms with Crippen LogP contribution in [0.1, 0.15) is 29.8 Å². The molecule has 0 saturated carbocycles. The highest BCUT2D eigenvalue weighted by Crippen LogP contribution is 2.26. The van der Waals surface area contributed by atoms with E-state index in [1.54, 1.807) is 36.4 Å². The fourth-order valence-electron chi connectivity index (χ4n) is 3.69. The molecule has 0 radical (unpaired) electrons. The maximum absolute atomic E-state index is 12.7. The van der Waals surface area contributed by atoms with Crippen LogP contribution in [0.3, 0.4) is 0 Å². The lowest BCUT2D eigenvalue weighted by atomic mass is 10.2. The Hall–Kier alpha value is -2.81. The van der Waals surface area contributed by atoms with E-state index in [9.17, 15) is 18.0 Å². The summed E-state index contributed by atoms with van der Waals surface area (Å²) in [5.74, 6) is -0.181. The van der Waals surface area contributed by atoms with Gasteiger partial charge in [0.1, 0.15) is 6.04 Å². The summed E-state index contributed by atoms with van der Waals surface area (Å²) < 4.78 is 30.6. The van der Waals surface area contributed by atoms with Gasteiger partial charge < -0.3 is 14.6 Å². The van der Waals surface area contributed by atoms with Crippen LogP contribution in [0.5, 0.6) is 0 Å². The van der Waals surface area contributed by atoms with Gasteiger partial charge >= 0.3 is 0 Å². The van der Waals surface area contributed by atoms with E-state index in [2.05, 4.69) is 5.32 Å². The number of furan rings is 1. The first kappa shape index (κ1) is 18.5. The van der Waals surface area contributed by atoms with Crippen LogP contribution in [0, 0.1) is 0 Å². The largest absolute Gasteiger partial charge is 0.459 e. The molecule has 1 aromatic carbocycles. The van der Waals surface area contributed by atoms with Crippen molar-refractivity contribution in [3.05, 3.63) is 48.4 Å². The molecule has 0 spiro atoms. The molecule has 0 aliphatic carbocycles. The molecule has 0 bridgehead atoms. The molecule has 3 heterocycles. The number of hydrogen-bond acceptors (Lipinski definition) is 5. The molecule has 8 nitrogen and oxygen atoms in total. The molecular weight excluding hydrogens is 382 g/mol. The normalized spacial score (nSPS) is 21.1. The Labute approximate surface area is 163 Å². The van der Waals surface area contributed by atoms with Crippen LogP contribution < -0.4 is 9.62 Å². The smallest absolute Gasteiger partial charge is 0.290 e. The van der Waals surface area contributed by atoms with E-state index in [4.69, 9.17) is 4.42 Å². The minimum atomic E-state index is -3.23. The molecule has 0 unspecified atom stereocenters. The summed E-state index contributed by atoms with van der Waals surface area (Å²) in [6.07, 6.45) is 3.38. The van der Waals surface area contributed by atoms with Gasteiger partial charge in [-0.1, -0.05) is 0 Å². The number of anilines is 2. The number of amides is 2. The molecule has 1 atom stereocenters. The van der Waals surface area contributed by atoms with Crippen molar-refractivity contribution >= 4 is 33.2 Å². The Kier molecular flexibility index (Phi) is 4.84. The zero-order valence-electron chi connectivity index (χ0n) is 15.2. The highest BCUT2D eigenvalue weighted by molar-refractivity contribution is 7.93. The van der Waals surface area contributed by atoms with Crippen molar-refractivity contribution in [2.45, 2.75) is 25.3 Å². The second kappa shape index (κ2) is 7.31. The van der Waals surface area contributed by atoms with Crippen LogP contribution in [0.15, 0.2) is 47.1 Å². The lowest BCUT2D eigenvalue weighted by Gasteiger charge is -2.23. The molecule has 1 aromatic heterocycles. The number of likely N-dealkylation sites (tertiary alicyclic amines) is 1. The summed E-state index contributed by atoms with van der Waals surface area (Å²) in [6, 6.07) is 9.37. The molecule has 28 heavy (non-hydrogen) atoms. The summed E-state index contributed by atoms with van der Waals surface area (Å²) in [7, 11) is -3.23. The summed E-state index contributed by atoms with van der Waals surface area (Å²) in [5.41, 5.74) is 1.15. The number of carbonyl (C=O) groups excluding carboxylic acids is 2. The molecule has 2 fully saturated rings. The summed E-state index contributed by atoms with van der Waals surface area (Å²) >= 11 is 0. The van der Waals surface area contributed by atoms with Crippen molar-refractivity contribution in [3.8, 4) is 0 Å². The topological polar surface area (TPSA) is 99.9 Å². The van der Waals surface area contributed by atoms with E-state index >= 15 is 0 Å². The van der Waals surface area contributed by atoms with Gasteiger partial charge in [-0.3, -0.25) is 13.9 Å². The Balaban J connectivity index is 1.44. The van der Waals surface area contributed by atoms with Gasteiger partial charge in [-0.25, -0.2) is 8.42 Å². The van der Waals surface area contributed by atoms with E-state index < -0.39 is 16.1 Å². The third-order valence-corrected chi connectivity index (χ3v) is 6.94. The molecule has 2 amide bonds. The highest BCUT2D eigenvalue weighted by Gasteiger charge is 2.35. The van der Waals surface area contributed by atoms with Gasteiger partial charge in [-0.15, -0.1) is 0 Å². The number of rotatable bonds is 4. The Morgan fingerprint density at radius 1 is 1.07 bits per heavy atom. The van der Waals surface area contributed by atoms with Gasteiger partial charge in [0.2, 0.25) is 15.9 Å². The van der Waals surface area contributed by atoms with Gasteiger partial charge in [-0.05, 0) is 55.7 Å². The van der Waals surface area contributed by atoms with Crippen molar-refractivity contribution in [2.24, 2.45) is 0 Å². The zero-order valence-corrected chi connectivity index (χ0v) is 16.0. The first-order chi connectivity index (χ1) is 13.5. The van der Waals surface area contributed by atoms with E-state index in [1.165, 1.54) is 15.5 Å². The molecular formula is C19H21N3O5S. The summed E-state index contributed by atoms with van der Waals surface area (Å²) in [4.78, 5) is 26.7. The van der Waals surface area contributed by atoms with Crippen LogP contribution in [0.4, 0.5) is 11.4 Å². The van der Waals surface area contributed by atoms with Crippen molar-refractivity contribution in [3.63, 3.8) is 0 Å². The van der Waals surface area contributed by atoms with Crippen LogP contribution in [0.2, 0.25) is 0 Å². The fraction of sp³-hybridized carbons (Fsp3) is 0.368. The Morgan fingerprint density at radius 2 is 1.86 bits per heavy atom. The van der Waals surface area contributed by atoms with Gasteiger partial charge in [-0.2, -0.15) is 0 Å². The molecule has 1 N–H and O–H groups in total. The second-order valence-electron chi connectivity index (χ2n) is 6.91. The first-order valence-corrected chi connectivity index (χ1v) is 10.8. The Morgan fingerprint density at radius 3 is 2.50 bits per heavy atom. The monoisotopic (exact) mass is 403 g/mol. The van der Waals surface area contributed by atoms with Crippen LogP contribution >= 0.6 is 0 Å². The molecule has 2 aliphatic heterocycles. The predicted octanol–water partition coefficient (Wildman–Crippen LogP) is 2.06. The average molecular weight is 403 g/mol. The third kappa shape index (κ3) is 3.49. The number of benzene rings is 1. The lowest BCUT2D eigenvalue weighted by Crippen LogP contribution is -2.43. The van der Waals surface area contributed by atoms with E-state index in [0.29, 0.717) is 37.3 Å². The minimum Gasteiger partial charge on any atom is -0.459 e. The van der Waals surface area contributed by atoms with E-state index in [0.717, 1.165) is 6.42 Å². The average Bonchev–Trinajstić information content (AvgIpc) is 3.42. The number of sulfonamides is 1. The molecule has 4 rings (SSSR count). The maximum Gasteiger partial charge on any atom is 0.290 e. The van der Waals surface area contributed by atoms with E-state index in [-0.39, 0.29) is 23.3 Å². The summed E-state index contributed by atoms with van der Waals surface area (Å²) in [5, 5.41) is 2.82. The first-order valence-electron chi connectivity index (χ1n) is 9.21. The molecule has 148 valence electrons. The van der Waals surface area contributed by atoms with Gasteiger partial charge in [0.15, 0.2) is 5.76 Å². The standard InChI is InChI=1S/C19H21N3O5S/c23-18(16-4-1-10-21(16)19(24)17-5-2-12-27-17)20-14-6-8-15(9-7-14)22-11-3-13-28(22,25)26/h2,5-9,12,16H,1,3-4,10-11,13H2,(H,20,23)/t16-/m0/s1. The predicted molar refractivity (Wildman–Crippen MR) is 104 cm³/mol. The fourth-order valence-corrected chi connectivity index (χ4v) is 5.25. The van der Waals surface area contributed by atoms with E-state index in [1.807, 2.05) is 0 Å². The zero-order chi connectivity index (χ0) is 19.7. The van der Waals surface area contributed by atoms with Crippen LogP contribution in [0.25, 0.3) is 0 Å². The molecule has 2 saturated heterocycles. The number of carbonyl (C=O) groups is 2. The number of nitrogens with zero attached hydrogens (tertiary/aromatic N) is 2. The van der Waals surface area contributed by atoms with Gasteiger partial charge in [0.25, 0.3) is 5.91 Å². The highest BCUT2D eigenvalue weighted by atomic mass is 32.2. The number of hydrogen-bond donors (Lipinski definition) is 1.